The minimum atomic E-state index is -0.361. The molecule has 0 aliphatic carbocycles. The molecule has 0 aromatic carbocycles. The molecule has 1 saturated heterocycles. The van der Waals surface area contributed by atoms with Gasteiger partial charge in [-0.1, -0.05) is 0 Å². The summed E-state index contributed by atoms with van der Waals surface area (Å²) in [6, 6.07) is 2.01. The molecule has 88 valence electrons. The van der Waals surface area contributed by atoms with Crippen molar-refractivity contribution in [2.45, 2.75) is 44.8 Å². The smallest absolute Gasteiger partial charge is 0.402 e. The molecule has 0 unspecified atom stereocenters. The van der Waals surface area contributed by atoms with Crippen LogP contribution in [0.25, 0.3) is 0 Å². The predicted molar refractivity (Wildman–Crippen MR) is 67.3 cm³/mol. The van der Waals surface area contributed by atoms with Crippen molar-refractivity contribution < 1.29 is 9.31 Å². The zero-order chi connectivity index (χ0) is 12.0. The summed E-state index contributed by atoms with van der Waals surface area (Å²) in [5.74, 6) is -0.215. The molecule has 1 aromatic heterocycles. The van der Waals surface area contributed by atoms with Crippen molar-refractivity contribution in [2.75, 3.05) is 0 Å². The molecule has 0 radical (unpaired) electrons. The maximum atomic E-state index is 6.14. The Morgan fingerprint density at radius 2 is 1.81 bits per heavy atom. The van der Waals surface area contributed by atoms with Gasteiger partial charge in [0.15, 0.2) is 0 Å². The van der Waals surface area contributed by atoms with Gasteiger partial charge in [0, 0.05) is 0 Å². The highest BCUT2D eigenvalue weighted by molar-refractivity contribution is 7.08. The first-order valence-electron chi connectivity index (χ1n) is 5.47. The summed E-state index contributed by atoms with van der Waals surface area (Å²) >= 11 is 1.64. The lowest BCUT2D eigenvalue weighted by Crippen LogP contribution is -2.41. The van der Waals surface area contributed by atoms with Gasteiger partial charge in [-0.25, -0.2) is 0 Å². The quantitative estimate of drug-likeness (QED) is 0.806. The van der Waals surface area contributed by atoms with E-state index in [1.807, 2.05) is 44.5 Å². The summed E-state index contributed by atoms with van der Waals surface area (Å²) in [7, 11) is -0.361. The lowest BCUT2D eigenvalue weighted by molar-refractivity contribution is 0.00578. The van der Waals surface area contributed by atoms with Crippen molar-refractivity contribution in [3.05, 3.63) is 22.4 Å². The highest BCUT2D eigenvalue weighted by Gasteiger charge is 2.53. The molecule has 1 fully saturated rings. The van der Waals surface area contributed by atoms with Gasteiger partial charge in [-0.3, -0.25) is 0 Å². The lowest BCUT2D eigenvalue weighted by atomic mass is 9.76. The van der Waals surface area contributed by atoms with Crippen LogP contribution in [0, 0.1) is 0 Å². The van der Waals surface area contributed by atoms with E-state index >= 15 is 0 Å². The second kappa shape index (κ2) is 3.84. The van der Waals surface area contributed by atoms with Gasteiger partial charge in [0.25, 0.3) is 0 Å². The molecule has 16 heavy (non-hydrogen) atoms. The summed E-state index contributed by atoms with van der Waals surface area (Å²) in [5, 5.41) is 4.05. The van der Waals surface area contributed by atoms with Crippen LogP contribution in [0.5, 0.6) is 0 Å². The molecule has 2 heterocycles. The largest absolute Gasteiger partial charge is 0.480 e. The zero-order valence-corrected chi connectivity index (χ0v) is 11.0. The summed E-state index contributed by atoms with van der Waals surface area (Å²) in [4.78, 5) is 0. The fraction of sp³-hybridized carbons (Fsp3) is 0.636. The normalized spacial score (nSPS) is 24.7. The van der Waals surface area contributed by atoms with Gasteiger partial charge in [0.1, 0.15) is 0 Å². The van der Waals surface area contributed by atoms with E-state index in [1.165, 1.54) is 0 Å². The molecule has 0 spiro atoms. The van der Waals surface area contributed by atoms with Crippen LogP contribution in [0.4, 0.5) is 0 Å². The highest BCUT2D eigenvalue weighted by Crippen LogP contribution is 2.39. The molecular weight excluding hydrogens is 221 g/mol. The molecule has 1 aliphatic rings. The molecule has 1 atom stereocenters. The first-order chi connectivity index (χ1) is 7.33. The van der Waals surface area contributed by atoms with Gasteiger partial charge in [-0.15, -0.1) is 0 Å². The van der Waals surface area contributed by atoms with Crippen molar-refractivity contribution in [3.63, 3.8) is 0 Å². The topological polar surface area (TPSA) is 44.5 Å². The van der Waals surface area contributed by atoms with Crippen molar-refractivity contribution in [2.24, 2.45) is 5.73 Å². The molecule has 0 amide bonds. The van der Waals surface area contributed by atoms with Gasteiger partial charge in [0.2, 0.25) is 0 Å². The third kappa shape index (κ3) is 1.93. The van der Waals surface area contributed by atoms with Gasteiger partial charge in [-0.05, 0) is 50.1 Å². The van der Waals surface area contributed by atoms with Crippen LogP contribution in [-0.4, -0.2) is 18.3 Å². The Morgan fingerprint density at radius 3 is 2.25 bits per heavy atom. The second-order valence-corrected chi connectivity index (χ2v) is 5.99. The van der Waals surface area contributed by atoms with Crippen LogP contribution in [-0.2, 0) is 9.31 Å². The molecule has 1 aromatic rings. The van der Waals surface area contributed by atoms with E-state index < -0.39 is 0 Å². The fourth-order valence-electron chi connectivity index (χ4n) is 1.66. The maximum Gasteiger partial charge on any atom is 0.480 e. The molecule has 0 bridgehead atoms. The summed E-state index contributed by atoms with van der Waals surface area (Å²) in [6.07, 6.45) is 0. The Morgan fingerprint density at radius 1 is 1.25 bits per heavy atom. The average Bonchev–Trinajstić information content (AvgIpc) is 2.72. The predicted octanol–water partition coefficient (Wildman–Crippen LogP) is 2.38. The van der Waals surface area contributed by atoms with Gasteiger partial charge < -0.3 is 15.0 Å². The fourth-order valence-corrected chi connectivity index (χ4v) is 2.36. The standard InChI is InChI=1S/C11H18BNO2S/c1-10(2)11(3,4)15-12(14-10)9(13)8-5-6-16-7-8/h5-7,9H,13H2,1-4H3/t9-/m0/s1. The first kappa shape index (κ1) is 12.1. The SMILES string of the molecule is CC1(C)OB([C@@H](N)c2ccsc2)OC1(C)C. The molecule has 2 rings (SSSR count). The number of hydrogen-bond acceptors (Lipinski definition) is 4. The molecule has 3 nitrogen and oxygen atoms in total. The Hall–Kier alpha value is -0.355. The second-order valence-electron chi connectivity index (χ2n) is 5.21. The lowest BCUT2D eigenvalue weighted by Gasteiger charge is -2.32. The number of hydrogen-bond donors (Lipinski definition) is 1. The third-order valence-corrected chi connectivity index (χ3v) is 4.19. The summed E-state index contributed by atoms with van der Waals surface area (Å²) in [6.45, 7) is 8.14. The van der Waals surface area contributed by atoms with E-state index in [0.717, 1.165) is 5.56 Å². The maximum absolute atomic E-state index is 6.14. The van der Waals surface area contributed by atoms with E-state index in [2.05, 4.69) is 0 Å². The highest BCUT2D eigenvalue weighted by atomic mass is 32.1. The summed E-state index contributed by atoms with van der Waals surface area (Å²) in [5.41, 5.74) is 6.59. The zero-order valence-electron chi connectivity index (χ0n) is 10.2. The average molecular weight is 239 g/mol. The Labute approximate surface area is 101 Å². The van der Waals surface area contributed by atoms with Gasteiger partial charge in [-0.2, -0.15) is 11.3 Å². The first-order valence-corrected chi connectivity index (χ1v) is 6.41. The van der Waals surface area contributed by atoms with Crippen LogP contribution in [0.1, 0.15) is 39.2 Å². The number of thiophene rings is 1. The molecule has 2 N–H and O–H groups in total. The Kier molecular flexibility index (Phi) is 2.91. The van der Waals surface area contributed by atoms with E-state index in [-0.39, 0.29) is 24.3 Å². The van der Waals surface area contributed by atoms with Crippen molar-refractivity contribution in [1.82, 2.24) is 0 Å². The minimum Gasteiger partial charge on any atom is -0.402 e. The van der Waals surface area contributed by atoms with Crippen LogP contribution in [0.2, 0.25) is 0 Å². The summed E-state index contributed by atoms with van der Waals surface area (Å²) < 4.78 is 11.8. The monoisotopic (exact) mass is 239 g/mol. The van der Waals surface area contributed by atoms with Crippen molar-refractivity contribution in [1.29, 1.82) is 0 Å². The number of rotatable bonds is 2. The third-order valence-electron chi connectivity index (χ3n) is 3.49. The molecular formula is C11H18BNO2S. The number of nitrogens with two attached hydrogens (primary N) is 1. The van der Waals surface area contributed by atoms with Gasteiger partial charge in [0.05, 0.1) is 17.1 Å². The van der Waals surface area contributed by atoms with Gasteiger partial charge >= 0.3 is 7.12 Å². The van der Waals surface area contributed by atoms with Crippen molar-refractivity contribution >= 4 is 18.5 Å². The van der Waals surface area contributed by atoms with E-state index in [9.17, 15) is 0 Å². The molecule has 5 heteroatoms. The van der Waals surface area contributed by atoms with E-state index in [1.54, 1.807) is 11.3 Å². The van der Waals surface area contributed by atoms with Crippen LogP contribution < -0.4 is 5.73 Å². The van der Waals surface area contributed by atoms with Crippen LogP contribution in [0.3, 0.4) is 0 Å². The van der Waals surface area contributed by atoms with E-state index in [0.29, 0.717) is 0 Å². The van der Waals surface area contributed by atoms with Crippen LogP contribution in [0.15, 0.2) is 16.8 Å². The molecule has 1 aliphatic heterocycles. The van der Waals surface area contributed by atoms with Crippen molar-refractivity contribution in [3.8, 4) is 0 Å². The Balaban J connectivity index is 2.15. The Bertz CT molecular complexity index is 348. The minimum absolute atomic E-state index is 0.215. The molecule has 0 saturated carbocycles. The van der Waals surface area contributed by atoms with Crippen LogP contribution >= 0.6 is 11.3 Å². The van der Waals surface area contributed by atoms with E-state index in [4.69, 9.17) is 15.0 Å².